The number of aryl methyl sites for hydroxylation is 1. The molecule has 1 unspecified atom stereocenters. The molecule has 1 aromatic heterocycles. The van der Waals surface area contributed by atoms with Crippen molar-refractivity contribution in [3.63, 3.8) is 0 Å². The molecule has 1 amide bonds. The molecule has 3 aliphatic rings. The summed E-state index contributed by atoms with van der Waals surface area (Å²) in [6, 6.07) is 5.47. The molecule has 1 aromatic carbocycles. The zero-order valence-corrected chi connectivity index (χ0v) is 24.4. The van der Waals surface area contributed by atoms with E-state index < -0.39 is 38.5 Å². The number of amides is 1. The van der Waals surface area contributed by atoms with Crippen LogP contribution in [-0.2, 0) is 44.6 Å². The Morgan fingerprint density at radius 2 is 1.93 bits per heavy atom. The number of aliphatic hydroxyl groups excluding tert-OH is 1. The first kappa shape index (κ1) is 32.4. The molecule has 234 valence electrons. The highest BCUT2D eigenvalue weighted by atomic mass is 32.2. The highest BCUT2D eigenvalue weighted by Crippen LogP contribution is 2.54. The van der Waals surface area contributed by atoms with E-state index >= 15 is 0 Å². The van der Waals surface area contributed by atoms with Crippen molar-refractivity contribution in [1.82, 2.24) is 14.6 Å². The minimum atomic E-state index is -6.09. The molecule has 3 aliphatic heterocycles. The van der Waals surface area contributed by atoms with Crippen molar-refractivity contribution < 1.29 is 55.2 Å². The summed E-state index contributed by atoms with van der Waals surface area (Å²) in [4.78, 5) is 43.4. The van der Waals surface area contributed by atoms with Gasteiger partial charge in [0.25, 0.3) is 11.5 Å². The molecule has 0 saturated carbocycles. The third-order valence-electron chi connectivity index (χ3n) is 7.27. The molecule has 0 spiro atoms. The molecule has 5 rings (SSSR count). The van der Waals surface area contributed by atoms with Crippen LogP contribution < -0.4 is 4.68 Å². The number of halogens is 3. The van der Waals surface area contributed by atoms with Crippen LogP contribution in [-0.4, -0.2) is 67.1 Å². The largest absolute Gasteiger partial charge is 0.741 e. The number of ether oxygens (including phenoxy) is 1. The Kier molecular flexibility index (Phi) is 8.92. The van der Waals surface area contributed by atoms with E-state index in [-0.39, 0.29) is 41.1 Å². The Hall–Kier alpha value is -3.55. The number of rotatable bonds is 7. The summed E-state index contributed by atoms with van der Waals surface area (Å²) in [5.41, 5.74) is -4.87. The standard InChI is InChI=1S/C23H26N5O6S.CHF3O3S/c1-12-18-17(13(2)29)22(30)27(18)19(20(12)35-16-8-9-26-21(16)24-11-25(26)3)23(31)34-10-14-4-6-15(7-5-14)28(32)33;2-1(3,4)8(5,6)7/h4-7,11-13,16-18,29H,8-10H2,1-3H3;(H,5,6,7)/q+1;/p-1/t12-,13-,16?,17-,18-;/m1./s1. The van der Waals surface area contributed by atoms with E-state index in [0.717, 1.165) is 23.7 Å². The van der Waals surface area contributed by atoms with Gasteiger partial charge in [0.1, 0.15) is 19.4 Å². The van der Waals surface area contributed by atoms with Crippen LogP contribution in [0.25, 0.3) is 0 Å². The van der Waals surface area contributed by atoms with Gasteiger partial charge in [0, 0.05) is 23.0 Å². The van der Waals surface area contributed by atoms with Crippen molar-refractivity contribution in [3.05, 3.63) is 62.7 Å². The van der Waals surface area contributed by atoms with E-state index in [0.29, 0.717) is 5.56 Å². The summed E-state index contributed by atoms with van der Waals surface area (Å²) in [6.07, 6.45) is 1.78. The molecule has 14 nitrogen and oxygen atoms in total. The van der Waals surface area contributed by atoms with Gasteiger partial charge in [-0.25, -0.2) is 13.2 Å². The number of non-ortho nitro benzene ring substituents is 1. The van der Waals surface area contributed by atoms with Crippen LogP contribution in [0.3, 0.4) is 0 Å². The van der Waals surface area contributed by atoms with Crippen molar-refractivity contribution in [2.75, 3.05) is 0 Å². The van der Waals surface area contributed by atoms with Crippen LogP contribution in [0.4, 0.5) is 18.9 Å². The van der Waals surface area contributed by atoms with Crippen LogP contribution in [0.15, 0.2) is 41.2 Å². The Morgan fingerprint density at radius 3 is 2.47 bits per heavy atom. The lowest BCUT2D eigenvalue weighted by molar-refractivity contribution is -0.754. The molecule has 19 heteroatoms. The number of nitro groups is 1. The third kappa shape index (κ3) is 6.24. The number of thioether (sulfide) groups is 1. The molecular formula is C24H26F3N5O9S2. The van der Waals surface area contributed by atoms with Gasteiger partial charge in [0.15, 0.2) is 10.1 Å². The van der Waals surface area contributed by atoms with Crippen LogP contribution in [0.1, 0.15) is 36.9 Å². The molecule has 43 heavy (non-hydrogen) atoms. The van der Waals surface area contributed by atoms with Gasteiger partial charge in [0.2, 0.25) is 5.91 Å². The van der Waals surface area contributed by atoms with Gasteiger partial charge in [-0.05, 0) is 36.0 Å². The first-order valence-corrected chi connectivity index (χ1v) is 15.0. The number of nitrogens with zero attached hydrogens (tertiary/aromatic N) is 5. The van der Waals surface area contributed by atoms with E-state index in [9.17, 15) is 38.0 Å². The van der Waals surface area contributed by atoms with Crippen LogP contribution >= 0.6 is 11.8 Å². The van der Waals surface area contributed by atoms with Crippen LogP contribution in [0, 0.1) is 22.0 Å². The number of alkyl halides is 3. The molecule has 0 bridgehead atoms. The number of nitro benzene ring substituents is 1. The van der Waals surface area contributed by atoms with Gasteiger partial charge in [-0.1, -0.05) is 6.92 Å². The summed E-state index contributed by atoms with van der Waals surface area (Å²) in [5.74, 6) is -0.692. The average Bonchev–Trinajstić information content (AvgIpc) is 3.55. The molecule has 1 saturated heterocycles. The van der Waals surface area contributed by atoms with Gasteiger partial charge >= 0.3 is 17.8 Å². The monoisotopic (exact) mass is 649 g/mol. The SMILES string of the molecule is C[C@@H](O)[C@H]1C(=O)N2C(C(=O)OCc3ccc([N+](=O)[O-])cc3)=C(SC3CCn4c3nc[n+]4C)[C@H](C)[C@H]12.O=S(=O)([O-])C(F)(F)F. The average molecular weight is 650 g/mol. The molecule has 1 fully saturated rings. The molecule has 4 heterocycles. The number of esters is 1. The molecule has 0 aliphatic carbocycles. The topological polar surface area (TPSA) is 189 Å². The Balaban J connectivity index is 0.000000467. The second-order valence-corrected chi connectivity index (χ2v) is 12.7. The number of hydrogen-bond acceptors (Lipinski definition) is 11. The summed E-state index contributed by atoms with van der Waals surface area (Å²) in [5, 5.41) is 21.1. The summed E-state index contributed by atoms with van der Waals surface area (Å²) < 4.78 is 68.5. The molecule has 2 aromatic rings. The first-order chi connectivity index (χ1) is 19.9. The predicted molar refractivity (Wildman–Crippen MR) is 139 cm³/mol. The van der Waals surface area contributed by atoms with E-state index in [1.54, 1.807) is 13.3 Å². The van der Waals surface area contributed by atoms with E-state index in [1.807, 2.05) is 18.7 Å². The lowest BCUT2D eigenvalue weighted by atomic mass is 9.79. The van der Waals surface area contributed by atoms with Crippen LogP contribution in [0.2, 0.25) is 0 Å². The molecule has 0 radical (unpaired) electrons. The lowest BCUT2D eigenvalue weighted by Crippen LogP contribution is -2.63. The minimum absolute atomic E-state index is 0.0323. The fraction of sp³-hybridized carbons (Fsp3) is 0.500. The van der Waals surface area contributed by atoms with Gasteiger partial charge < -0.3 is 19.3 Å². The number of β-lactam (4-membered cyclic amide) rings is 1. The van der Waals surface area contributed by atoms with E-state index in [1.165, 1.54) is 40.9 Å². The van der Waals surface area contributed by atoms with Crippen molar-refractivity contribution in [2.45, 2.75) is 56.3 Å². The second-order valence-electron chi connectivity index (χ2n) is 10.1. The van der Waals surface area contributed by atoms with Gasteiger partial charge in [0.05, 0.1) is 34.8 Å². The van der Waals surface area contributed by atoms with E-state index in [4.69, 9.17) is 17.7 Å². The maximum atomic E-state index is 13.3. The van der Waals surface area contributed by atoms with Crippen molar-refractivity contribution >= 4 is 39.4 Å². The number of hydrogen-bond donors (Lipinski definition) is 1. The second kappa shape index (κ2) is 11.9. The quantitative estimate of drug-likeness (QED) is 0.0874. The summed E-state index contributed by atoms with van der Waals surface area (Å²) >= 11 is 1.54. The normalized spacial score (nSPS) is 23.6. The number of fused-ring (bicyclic) bond motifs is 2. The minimum Gasteiger partial charge on any atom is -0.741 e. The highest BCUT2D eigenvalue weighted by molar-refractivity contribution is 8.03. The van der Waals surface area contributed by atoms with Gasteiger partial charge in [-0.3, -0.25) is 14.9 Å². The lowest BCUT2D eigenvalue weighted by Gasteiger charge is -2.46. The molecular weight excluding hydrogens is 623 g/mol. The van der Waals surface area contributed by atoms with Crippen molar-refractivity contribution in [3.8, 4) is 0 Å². The number of carbonyl (C=O) groups excluding carboxylic acids is 2. The van der Waals surface area contributed by atoms with Gasteiger partial charge in [-0.15, -0.1) is 11.8 Å². The Morgan fingerprint density at radius 1 is 1.33 bits per heavy atom. The van der Waals surface area contributed by atoms with Crippen molar-refractivity contribution in [2.24, 2.45) is 18.9 Å². The summed E-state index contributed by atoms with van der Waals surface area (Å²) in [6.45, 7) is 4.30. The molecule has 5 atom stereocenters. The van der Waals surface area contributed by atoms with Crippen LogP contribution in [0.5, 0.6) is 0 Å². The zero-order chi connectivity index (χ0) is 32.0. The number of carbonyl (C=O) groups is 2. The Bertz CT molecular complexity index is 1580. The molecule has 1 N–H and O–H groups in total. The summed E-state index contributed by atoms with van der Waals surface area (Å²) in [7, 11) is -4.16. The smallest absolute Gasteiger partial charge is 0.485 e. The van der Waals surface area contributed by atoms with E-state index in [2.05, 4.69) is 9.67 Å². The number of benzene rings is 1. The fourth-order valence-electron chi connectivity index (χ4n) is 5.19. The first-order valence-electron chi connectivity index (χ1n) is 12.7. The van der Waals surface area contributed by atoms with Crippen molar-refractivity contribution in [1.29, 1.82) is 0 Å². The predicted octanol–water partition coefficient (Wildman–Crippen LogP) is 1.66. The highest BCUT2D eigenvalue weighted by Gasteiger charge is 2.60. The maximum Gasteiger partial charge on any atom is 0.485 e. The zero-order valence-electron chi connectivity index (χ0n) is 22.8. The fourth-order valence-corrected chi connectivity index (χ4v) is 6.65. The number of aliphatic hydroxyl groups is 1. The van der Waals surface area contributed by atoms with Gasteiger partial charge in [-0.2, -0.15) is 22.5 Å². The maximum absolute atomic E-state index is 13.3. The third-order valence-corrected chi connectivity index (χ3v) is 9.38. The Labute approximate surface area is 247 Å². The number of aromatic nitrogens is 3.